The van der Waals surface area contributed by atoms with E-state index < -0.39 is 5.82 Å². The first kappa shape index (κ1) is 19.4. The van der Waals surface area contributed by atoms with Gasteiger partial charge in [0.15, 0.2) is 5.96 Å². The molecule has 1 amide bonds. The van der Waals surface area contributed by atoms with E-state index in [9.17, 15) is 9.18 Å². The lowest BCUT2D eigenvalue weighted by Gasteiger charge is -2.26. The molecule has 0 aromatic heterocycles. The predicted molar refractivity (Wildman–Crippen MR) is 106 cm³/mol. The number of carbonyl (C=O) groups excluding carboxylic acids is 1. The molecule has 1 heterocycles. The van der Waals surface area contributed by atoms with Gasteiger partial charge in [-0.05, 0) is 36.8 Å². The highest BCUT2D eigenvalue weighted by atomic mass is 19.1. The van der Waals surface area contributed by atoms with Crippen molar-refractivity contribution in [2.24, 2.45) is 4.99 Å². The van der Waals surface area contributed by atoms with Crippen LogP contribution in [0.3, 0.4) is 0 Å². The summed E-state index contributed by atoms with van der Waals surface area (Å²) >= 11 is 0. The fraction of sp³-hybridized carbons (Fsp3) is 0.286. The summed E-state index contributed by atoms with van der Waals surface area (Å²) in [6.45, 7) is 3.22. The number of hydrogen-bond donors (Lipinski definition) is 3. The molecule has 7 heteroatoms. The lowest BCUT2D eigenvalue weighted by atomic mass is 9.90. The second kappa shape index (κ2) is 9.00. The number of carbonyl (C=O) groups is 1. The Morgan fingerprint density at radius 3 is 2.93 bits per heavy atom. The number of aliphatic imine (C=N–C) groups is 1. The van der Waals surface area contributed by atoms with Crippen molar-refractivity contribution >= 4 is 17.6 Å². The number of guanidine groups is 1. The largest absolute Gasteiger partial charge is 0.357 e. The first-order valence-corrected chi connectivity index (χ1v) is 9.20. The summed E-state index contributed by atoms with van der Waals surface area (Å²) in [7, 11) is 0. The molecule has 28 heavy (non-hydrogen) atoms. The quantitative estimate of drug-likeness (QED) is 0.550. The molecule has 0 aliphatic carbocycles. The SMILES string of the molecule is CCNC(=NCc1cc(C#N)ccc1F)NCC1CC(=O)Nc2ccccc21. The average Bonchev–Trinajstić information content (AvgIpc) is 2.70. The fourth-order valence-corrected chi connectivity index (χ4v) is 3.18. The van der Waals surface area contributed by atoms with Crippen molar-refractivity contribution in [2.45, 2.75) is 25.8 Å². The molecule has 0 saturated heterocycles. The van der Waals surface area contributed by atoms with Crippen molar-refractivity contribution in [3.8, 4) is 6.07 Å². The number of para-hydroxylation sites is 1. The van der Waals surface area contributed by atoms with Gasteiger partial charge in [-0.25, -0.2) is 9.38 Å². The molecule has 0 spiro atoms. The van der Waals surface area contributed by atoms with Crippen molar-refractivity contribution < 1.29 is 9.18 Å². The Hall–Kier alpha value is -3.40. The normalized spacial score (nSPS) is 16.0. The Morgan fingerprint density at radius 1 is 1.32 bits per heavy atom. The maximum Gasteiger partial charge on any atom is 0.225 e. The molecular weight excluding hydrogens is 357 g/mol. The van der Waals surface area contributed by atoms with Gasteiger partial charge in [0, 0.05) is 36.7 Å². The van der Waals surface area contributed by atoms with Crippen molar-refractivity contribution in [1.82, 2.24) is 10.6 Å². The third-order valence-electron chi connectivity index (χ3n) is 4.55. The molecule has 0 fully saturated rings. The molecule has 3 N–H and O–H groups in total. The highest BCUT2D eigenvalue weighted by Gasteiger charge is 2.24. The van der Waals surface area contributed by atoms with Crippen LogP contribution in [0.1, 0.15) is 36.0 Å². The van der Waals surface area contributed by atoms with Crippen molar-refractivity contribution in [3.63, 3.8) is 0 Å². The Kier molecular flexibility index (Phi) is 6.22. The summed E-state index contributed by atoms with van der Waals surface area (Å²) < 4.78 is 14.0. The van der Waals surface area contributed by atoms with Gasteiger partial charge < -0.3 is 16.0 Å². The summed E-state index contributed by atoms with van der Waals surface area (Å²) in [5.41, 5.74) is 2.68. The van der Waals surface area contributed by atoms with E-state index in [1.54, 1.807) is 0 Å². The Balaban J connectivity index is 1.71. The second-order valence-electron chi connectivity index (χ2n) is 6.53. The van der Waals surface area contributed by atoms with Crippen LogP contribution in [-0.2, 0) is 11.3 Å². The third kappa shape index (κ3) is 4.65. The zero-order valence-corrected chi connectivity index (χ0v) is 15.6. The molecular formula is C21H22FN5O. The van der Waals surface area contributed by atoms with Crippen LogP contribution >= 0.6 is 0 Å². The lowest BCUT2D eigenvalue weighted by Crippen LogP contribution is -2.40. The fourth-order valence-electron chi connectivity index (χ4n) is 3.18. The highest BCUT2D eigenvalue weighted by Crippen LogP contribution is 2.31. The summed E-state index contributed by atoms with van der Waals surface area (Å²) in [6, 6.07) is 14.0. The van der Waals surface area contributed by atoms with E-state index in [0.29, 0.717) is 36.6 Å². The molecule has 1 aliphatic heterocycles. The van der Waals surface area contributed by atoms with E-state index in [-0.39, 0.29) is 18.4 Å². The molecule has 2 aromatic carbocycles. The number of fused-ring (bicyclic) bond motifs is 1. The van der Waals surface area contributed by atoms with Gasteiger partial charge in [-0.2, -0.15) is 5.26 Å². The average molecular weight is 379 g/mol. The van der Waals surface area contributed by atoms with Crippen LogP contribution in [0.15, 0.2) is 47.5 Å². The zero-order valence-electron chi connectivity index (χ0n) is 15.6. The number of nitrogens with one attached hydrogen (secondary N) is 3. The van der Waals surface area contributed by atoms with Crippen molar-refractivity contribution in [2.75, 3.05) is 18.4 Å². The van der Waals surface area contributed by atoms with Gasteiger partial charge in [-0.3, -0.25) is 4.79 Å². The van der Waals surface area contributed by atoms with Crippen molar-refractivity contribution in [1.29, 1.82) is 5.26 Å². The minimum absolute atomic E-state index is 0.0113. The molecule has 1 atom stereocenters. The number of rotatable bonds is 5. The molecule has 144 valence electrons. The van der Waals surface area contributed by atoms with E-state index in [1.165, 1.54) is 18.2 Å². The zero-order chi connectivity index (χ0) is 19.9. The topological polar surface area (TPSA) is 89.3 Å². The summed E-state index contributed by atoms with van der Waals surface area (Å²) in [5, 5.41) is 18.2. The smallest absolute Gasteiger partial charge is 0.225 e. The highest BCUT2D eigenvalue weighted by molar-refractivity contribution is 5.94. The van der Waals surface area contributed by atoms with E-state index in [4.69, 9.17) is 5.26 Å². The van der Waals surface area contributed by atoms with Gasteiger partial charge in [-0.1, -0.05) is 18.2 Å². The predicted octanol–water partition coefficient (Wildman–Crippen LogP) is 2.88. The molecule has 6 nitrogen and oxygen atoms in total. The van der Waals surface area contributed by atoms with Gasteiger partial charge >= 0.3 is 0 Å². The van der Waals surface area contributed by atoms with Gasteiger partial charge in [-0.15, -0.1) is 0 Å². The minimum Gasteiger partial charge on any atom is -0.357 e. The number of anilines is 1. The minimum atomic E-state index is -0.392. The molecule has 3 rings (SSSR count). The number of nitrogens with zero attached hydrogens (tertiary/aromatic N) is 2. The lowest BCUT2D eigenvalue weighted by molar-refractivity contribution is -0.116. The first-order chi connectivity index (χ1) is 13.6. The Bertz CT molecular complexity index is 935. The number of benzene rings is 2. The van der Waals surface area contributed by atoms with Crippen LogP contribution in [0.25, 0.3) is 0 Å². The monoisotopic (exact) mass is 379 g/mol. The molecule has 0 saturated carbocycles. The van der Waals surface area contributed by atoms with Crippen LogP contribution in [0, 0.1) is 17.1 Å². The third-order valence-corrected chi connectivity index (χ3v) is 4.55. The van der Waals surface area contributed by atoms with E-state index in [2.05, 4.69) is 20.9 Å². The number of hydrogen-bond acceptors (Lipinski definition) is 3. The molecule has 2 aromatic rings. The van der Waals surface area contributed by atoms with Crippen LogP contribution in [0.4, 0.5) is 10.1 Å². The summed E-state index contributed by atoms with van der Waals surface area (Å²) in [6.07, 6.45) is 0.391. The Morgan fingerprint density at radius 2 is 2.14 bits per heavy atom. The van der Waals surface area contributed by atoms with E-state index in [1.807, 2.05) is 37.3 Å². The van der Waals surface area contributed by atoms with Crippen LogP contribution in [-0.4, -0.2) is 25.0 Å². The van der Waals surface area contributed by atoms with Gasteiger partial charge in [0.2, 0.25) is 5.91 Å². The maximum absolute atomic E-state index is 14.0. The van der Waals surface area contributed by atoms with E-state index in [0.717, 1.165) is 11.3 Å². The van der Waals surface area contributed by atoms with Crippen molar-refractivity contribution in [3.05, 3.63) is 65.0 Å². The van der Waals surface area contributed by atoms with E-state index >= 15 is 0 Å². The van der Waals surface area contributed by atoms with Gasteiger partial charge in [0.25, 0.3) is 0 Å². The van der Waals surface area contributed by atoms with Gasteiger partial charge in [0.1, 0.15) is 5.82 Å². The molecule has 0 bridgehead atoms. The van der Waals surface area contributed by atoms with Crippen LogP contribution in [0.5, 0.6) is 0 Å². The molecule has 0 radical (unpaired) electrons. The first-order valence-electron chi connectivity index (χ1n) is 9.20. The van der Waals surface area contributed by atoms with Crippen LogP contribution < -0.4 is 16.0 Å². The molecule has 1 aliphatic rings. The number of amides is 1. The second-order valence-corrected chi connectivity index (χ2v) is 6.53. The summed E-state index contributed by atoms with van der Waals surface area (Å²) in [4.78, 5) is 16.4. The van der Waals surface area contributed by atoms with Gasteiger partial charge in [0.05, 0.1) is 18.2 Å². The van der Waals surface area contributed by atoms with Crippen LogP contribution in [0.2, 0.25) is 0 Å². The standard InChI is InChI=1S/C21H22FN5O/c1-2-24-21(26-13-16-9-14(11-23)7-8-18(16)22)25-12-15-10-20(28)27-19-6-4-3-5-17(15)19/h3-9,15H,2,10,12-13H2,1H3,(H,27,28)(H2,24,25,26). The number of halogens is 1. The Labute approximate surface area is 163 Å². The molecule has 1 unspecified atom stereocenters. The summed E-state index contributed by atoms with van der Waals surface area (Å²) in [5.74, 6) is 0.152. The number of nitriles is 1. The maximum atomic E-state index is 14.0.